The van der Waals surface area contributed by atoms with Crippen LogP contribution in [-0.2, 0) is 4.74 Å². The van der Waals surface area contributed by atoms with Crippen LogP contribution in [0.2, 0.25) is 0 Å². The molecule has 0 radical (unpaired) electrons. The van der Waals surface area contributed by atoms with E-state index in [2.05, 4.69) is 17.6 Å². The van der Waals surface area contributed by atoms with Crippen molar-refractivity contribution in [2.24, 2.45) is 0 Å². The van der Waals surface area contributed by atoms with Crippen LogP contribution in [0.3, 0.4) is 0 Å². The van der Waals surface area contributed by atoms with Crippen LogP contribution < -0.4 is 10.6 Å². The minimum Gasteiger partial charge on any atom is -0.462 e. The number of carbonyl (C=O) groups is 1. The second-order valence-electron chi connectivity index (χ2n) is 6.97. The van der Waals surface area contributed by atoms with Gasteiger partial charge in [-0.3, -0.25) is 0 Å². The summed E-state index contributed by atoms with van der Waals surface area (Å²) < 4.78 is 5.33. The smallest absolute Gasteiger partial charge is 0.341 e. The third-order valence-electron chi connectivity index (χ3n) is 4.67. The van der Waals surface area contributed by atoms with Crippen LogP contribution in [0.25, 0.3) is 11.1 Å². The zero-order valence-corrected chi connectivity index (χ0v) is 19.3. The molecule has 0 amide bonds. The van der Waals surface area contributed by atoms with Crippen molar-refractivity contribution in [3.8, 4) is 11.1 Å². The highest BCUT2D eigenvalue weighted by molar-refractivity contribution is 7.80. The summed E-state index contributed by atoms with van der Waals surface area (Å²) in [5, 5.41) is 7.78. The predicted molar refractivity (Wildman–Crippen MR) is 128 cm³/mol. The van der Waals surface area contributed by atoms with Crippen LogP contribution in [0.15, 0.2) is 30.3 Å². The summed E-state index contributed by atoms with van der Waals surface area (Å²) in [4.78, 5) is 13.8. The molecule has 0 bridgehead atoms. The normalized spacial score (nSPS) is 10.6. The number of hydrogen-bond donors (Lipinski definition) is 2. The van der Waals surface area contributed by atoms with Gasteiger partial charge in [-0.1, -0.05) is 69.4 Å². The maximum absolute atomic E-state index is 12.7. The number of anilines is 1. The van der Waals surface area contributed by atoms with Crippen molar-refractivity contribution >= 4 is 39.6 Å². The van der Waals surface area contributed by atoms with Gasteiger partial charge in [0, 0.05) is 17.0 Å². The summed E-state index contributed by atoms with van der Waals surface area (Å²) in [6, 6.07) is 9.94. The maximum Gasteiger partial charge on any atom is 0.341 e. The number of ether oxygens (including phenoxy) is 1. The molecular weight excluding hydrogens is 400 g/mol. The van der Waals surface area contributed by atoms with Gasteiger partial charge in [0.2, 0.25) is 0 Å². The molecule has 0 aliphatic heterocycles. The van der Waals surface area contributed by atoms with E-state index in [1.807, 2.05) is 44.2 Å². The maximum atomic E-state index is 12.7. The largest absolute Gasteiger partial charge is 0.462 e. The Morgan fingerprint density at radius 3 is 2.45 bits per heavy atom. The van der Waals surface area contributed by atoms with Gasteiger partial charge in [-0.2, -0.15) is 0 Å². The standard InChI is InChI=1S/C23H32N2O2S2/c1-4-6-7-8-9-13-16-24-23(28)25-21-20(22(26)27-5-2)19(17(3)29-21)18-14-11-10-12-15-18/h10-12,14-15H,4-9,13,16H2,1-3H3,(H2,24,25,28). The molecule has 0 saturated carbocycles. The molecule has 1 aromatic carbocycles. The summed E-state index contributed by atoms with van der Waals surface area (Å²) in [7, 11) is 0. The van der Waals surface area contributed by atoms with Gasteiger partial charge in [0.05, 0.1) is 6.61 Å². The number of thiophene rings is 1. The number of unbranched alkanes of at least 4 members (excludes halogenated alkanes) is 5. The van der Waals surface area contributed by atoms with E-state index in [0.717, 1.165) is 34.0 Å². The molecule has 6 heteroatoms. The first-order valence-corrected chi connectivity index (χ1v) is 11.7. The second kappa shape index (κ2) is 12.6. The predicted octanol–water partition coefficient (Wildman–Crippen LogP) is 6.55. The fraction of sp³-hybridized carbons (Fsp3) is 0.478. The molecule has 0 unspecified atom stereocenters. The molecule has 0 atom stereocenters. The minimum absolute atomic E-state index is 0.322. The van der Waals surface area contributed by atoms with Crippen LogP contribution in [0.5, 0.6) is 0 Å². The van der Waals surface area contributed by atoms with E-state index in [1.54, 1.807) is 0 Å². The summed E-state index contributed by atoms with van der Waals surface area (Å²) in [6.07, 6.45) is 7.45. The Bertz CT molecular complexity index is 788. The molecule has 0 spiro atoms. The van der Waals surface area contributed by atoms with Crippen molar-refractivity contribution in [1.82, 2.24) is 5.32 Å². The Morgan fingerprint density at radius 2 is 1.76 bits per heavy atom. The van der Waals surface area contributed by atoms with Crippen LogP contribution >= 0.6 is 23.6 Å². The second-order valence-corrected chi connectivity index (χ2v) is 8.61. The first kappa shape index (κ1) is 23.4. The van der Waals surface area contributed by atoms with Gasteiger partial charge < -0.3 is 15.4 Å². The minimum atomic E-state index is -0.322. The third kappa shape index (κ3) is 7.12. The molecule has 0 aliphatic rings. The molecule has 2 rings (SSSR count). The monoisotopic (exact) mass is 432 g/mol. The number of rotatable bonds is 11. The van der Waals surface area contributed by atoms with Crippen molar-refractivity contribution in [3.05, 3.63) is 40.8 Å². The summed E-state index contributed by atoms with van der Waals surface area (Å²) in [6.45, 7) is 7.24. The number of carbonyl (C=O) groups excluding carboxylic acids is 1. The fourth-order valence-electron chi connectivity index (χ4n) is 3.24. The van der Waals surface area contributed by atoms with E-state index in [1.165, 1.54) is 43.4 Å². The Morgan fingerprint density at radius 1 is 1.07 bits per heavy atom. The van der Waals surface area contributed by atoms with E-state index < -0.39 is 0 Å². The third-order valence-corrected chi connectivity index (χ3v) is 5.94. The van der Waals surface area contributed by atoms with Crippen molar-refractivity contribution < 1.29 is 9.53 Å². The van der Waals surface area contributed by atoms with E-state index in [9.17, 15) is 4.79 Å². The van der Waals surface area contributed by atoms with Crippen molar-refractivity contribution in [2.75, 3.05) is 18.5 Å². The Hall–Kier alpha value is -1.92. The van der Waals surface area contributed by atoms with Crippen molar-refractivity contribution in [1.29, 1.82) is 0 Å². The van der Waals surface area contributed by atoms with E-state index in [0.29, 0.717) is 17.3 Å². The molecule has 1 aromatic heterocycles. The summed E-state index contributed by atoms with van der Waals surface area (Å²) >= 11 is 7.00. The molecule has 2 aromatic rings. The lowest BCUT2D eigenvalue weighted by atomic mass is 10.0. The van der Waals surface area contributed by atoms with Gasteiger partial charge in [-0.25, -0.2) is 4.79 Å². The van der Waals surface area contributed by atoms with Crippen LogP contribution in [0, 0.1) is 6.92 Å². The van der Waals surface area contributed by atoms with E-state index in [-0.39, 0.29) is 5.97 Å². The molecule has 158 valence electrons. The topological polar surface area (TPSA) is 50.4 Å². The molecule has 0 saturated heterocycles. The lowest BCUT2D eigenvalue weighted by Crippen LogP contribution is -2.29. The van der Waals surface area contributed by atoms with Gasteiger partial charge in [-0.05, 0) is 38.0 Å². The molecule has 2 N–H and O–H groups in total. The average molecular weight is 433 g/mol. The average Bonchev–Trinajstić information content (AvgIpc) is 3.03. The zero-order valence-electron chi connectivity index (χ0n) is 17.7. The lowest BCUT2D eigenvalue weighted by Gasteiger charge is -2.12. The van der Waals surface area contributed by atoms with Gasteiger partial charge in [0.25, 0.3) is 0 Å². The Labute approximate surface area is 184 Å². The highest BCUT2D eigenvalue weighted by atomic mass is 32.1. The molecule has 1 heterocycles. The molecule has 4 nitrogen and oxygen atoms in total. The number of esters is 1. The highest BCUT2D eigenvalue weighted by Crippen LogP contribution is 2.40. The molecule has 0 fully saturated rings. The molecule has 0 aliphatic carbocycles. The number of thiocarbonyl (C=S) groups is 1. The van der Waals surface area contributed by atoms with Gasteiger partial charge in [0.15, 0.2) is 5.11 Å². The Balaban J connectivity index is 2.06. The SMILES string of the molecule is CCCCCCCCNC(=S)Nc1sc(C)c(-c2ccccc2)c1C(=O)OCC. The van der Waals surface area contributed by atoms with E-state index in [4.69, 9.17) is 17.0 Å². The highest BCUT2D eigenvalue weighted by Gasteiger charge is 2.24. The summed E-state index contributed by atoms with van der Waals surface area (Å²) in [5.41, 5.74) is 2.47. The number of benzene rings is 1. The van der Waals surface area contributed by atoms with Gasteiger partial charge in [0.1, 0.15) is 10.6 Å². The van der Waals surface area contributed by atoms with Crippen LogP contribution in [-0.4, -0.2) is 24.2 Å². The van der Waals surface area contributed by atoms with E-state index >= 15 is 0 Å². The van der Waals surface area contributed by atoms with Gasteiger partial charge >= 0.3 is 5.97 Å². The van der Waals surface area contributed by atoms with Crippen LogP contribution in [0.4, 0.5) is 5.00 Å². The zero-order chi connectivity index (χ0) is 21.1. The lowest BCUT2D eigenvalue weighted by molar-refractivity contribution is 0.0529. The fourth-order valence-corrected chi connectivity index (χ4v) is 4.58. The Kier molecular flexibility index (Phi) is 10.2. The first-order chi connectivity index (χ1) is 14.1. The number of nitrogens with one attached hydrogen (secondary N) is 2. The van der Waals surface area contributed by atoms with Crippen molar-refractivity contribution in [3.63, 3.8) is 0 Å². The van der Waals surface area contributed by atoms with Crippen LogP contribution in [0.1, 0.15) is 67.6 Å². The summed E-state index contributed by atoms with van der Waals surface area (Å²) in [5.74, 6) is -0.322. The first-order valence-electron chi connectivity index (χ1n) is 10.5. The van der Waals surface area contributed by atoms with Gasteiger partial charge in [-0.15, -0.1) is 11.3 Å². The number of hydrogen-bond acceptors (Lipinski definition) is 4. The van der Waals surface area contributed by atoms with Crippen molar-refractivity contribution in [2.45, 2.75) is 59.3 Å². The number of aryl methyl sites for hydroxylation is 1. The molecular formula is C23H32N2O2S2. The molecule has 29 heavy (non-hydrogen) atoms. The quantitative estimate of drug-likeness (QED) is 0.240.